The molecule has 32 heavy (non-hydrogen) atoms. The number of unbranched alkanes of at least 4 members (excludes halogenated alkanes) is 1. The van der Waals surface area contributed by atoms with Crippen LogP contribution < -0.4 is 5.73 Å². The fourth-order valence-electron chi connectivity index (χ4n) is 3.93. The highest BCUT2D eigenvalue weighted by Crippen LogP contribution is 2.19. The lowest BCUT2D eigenvalue weighted by Crippen LogP contribution is -2.33. The van der Waals surface area contributed by atoms with Gasteiger partial charge in [-0.3, -0.25) is 9.69 Å². The van der Waals surface area contributed by atoms with E-state index in [1.807, 2.05) is 48.5 Å². The van der Waals surface area contributed by atoms with Crippen molar-refractivity contribution in [3.8, 4) is 0 Å². The Labute approximate surface area is 188 Å². The lowest BCUT2D eigenvalue weighted by atomic mass is 10.1. The van der Waals surface area contributed by atoms with Crippen LogP contribution >= 0.6 is 0 Å². The molecule has 4 aromatic rings. The Morgan fingerprint density at radius 3 is 2.38 bits per heavy atom. The number of rotatable bonds is 11. The van der Waals surface area contributed by atoms with Crippen LogP contribution in [0.15, 0.2) is 83.3 Å². The van der Waals surface area contributed by atoms with Crippen LogP contribution in [0.25, 0.3) is 11.1 Å². The number of nitrogens with zero attached hydrogens (tertiary/aromatic N) is 2. The van der Waals surface area contributed by atoms with Gasteiger partial charge in [-0.15, -0.1) is 0 Å². The highest BCUT2D eigenvalue weighted by Gasteiger charge is 2.13. The average Bonchev–Trinajstić information content (AvgIpc) is 3.20. The van der Waals surface area contributed by atoms with Gasteiger partial charge in [0, 0.05) is 12.1 Å². The van der Waals surface area contributed by atoms with Gasteiger partial charge in [0.2, 0.25) is 0 Å². The minimum absolute atomic E-state index is 0.159. The number of Topliss-reactive ketones (excluding diaryl/α,β-unsaturated/α-hetero) is 1. The van der Waals surface area contributed by atoms with Gasteiger partial charge in [-0.1, -0.05) is 66.7 Å². The van der Waals surface area contributed by atoms with Crippen molar-refractivity contribution in [2.75, 3.05) is 25.4 Å². The molecule has 164 valence electrons. The Hall–Kier alpha value is -3.44. The first-order chi connectivity index (χ1) is 15.7. The highest BCUT2D eigenvalue weighted by molar-refractivity contribution is 5.97. The molecule has 0 bridgehead atoms. The molecule has 3 aromatic carbocycles. The van der Waals surface area contributed by atoms with Crippen molar-refractivity contribution in [2.45, 2.75) is 25.7 Å². The maximum absolute atomic E-state index is 12.8. The van der Waals surface area contributed by atoms with Crippen LogP contribution in [0.1, 0.15) is 34.3 Å². The van der Waals surface area contributed by atoms with E-state index in [1.54, 1.807) is 0 Å². The molecule has 0 radical (unpaired) electrons. The van der Waals surface area contributed by atoms with E-state index in [9.17, 15) is 4.79 Å². The van der Waals surface area contributed by atoms with Gasteiger partial charge in [0.25, 0.3) is 6.01 Å². The standard InChI is InChI=1S/C27H29N3O2/c28-27-29-24-15-14-22(19-26(24)32-27)16-18-30(20-25(31)23-12-5-2-6-13-23)17-8-7-11-21-9-3-1-4-10-21/h1-6,9-10,12-15,19H,7-8,11,16-18,20H2,(H2,28,29). The van der Waals surface area contributed by atoms with Gasteiger partial charge in [0.05, 0.1) is 6.54 Å². The number of nitrogen functional groups attached to an aromatic ring is 1. The summed E-state index contributed by atoms with van der Waals surface area (Å²) in [6.07, 6.45) is 4.04. The zero-order chi connectivity index (χ0) is 22.2. The second-order valence-electron chi connectivity index (χ2n) is 8.11. The first kappa shape index (κ1) is 21.8. The van der Waals surface area contributed by atoms with E-state index >= 15 is 0 Å². The number of benzene rings is 3. The van der Waals surface area contributed by atoms with Crippen molar-refractivity contribution in [3.63, 3.8) is 0 Å². The van der Waals surface area contributed by atoms with Crippen LogP contribution in [0.4, 0.5) is 6.01 Å². The third-order valence-electron chi connectivity index (χ3n) is 5.68. The maximum atomic E-state index is 12.8. The normalized spacial score (nSPS) is 11.3. The van der Waals surface area contributed by atoms with Crippen molar-refractivity contribution < 1.29 is 9.21 Å². The van der Waals surface area contributed by atoms with E-state index in [1.165, 1.54) is 5.56 Å². The van der Waals surface area contributed by atoms with Gasteiger partial charge >= 0.3 is 0 Å². The monoisotopic (exact) mass is 427 g/mol. The van der Waals surface area contributed by atoms with E-state index in [0.29, 0.717) is 12.1 Å². The Kier molecular flexibility index (Phi) is 7.31. The lowest BCUT2D eigenvalue weighted by Gasteiger charge is -2.22. The SMILES string of the molecule is Nc1nc2ccc(CCN(CCCCc3ccccc3)CC(=O)c3ccccc3)cc2o1. The van der Waals surface area contributed by atoms with E-state index in [2.05, 4.69) is 40.2 Å². The number of carbonyl (C=O) groups is 1. The van der Waals surface area contributed by atoms with Gasteiger partial charge in [0.15, 0.2) is 11.4 Å². The summed E-state index contributed by atoms with van der Waals surface area (Å²) in [6, 6.07) is 26.2. The minimum atomic E-state index is 0.159. The Morgan fingerprint density at radius 1 is 0.844 bits per heavy atom. The van der Waals surface area contributed by atoms with Gasteiger partial charge in [-0.2, -0.15) is 4.98 Å². The summed E-state index contributed by atoms with van der Waals surface area (Å²) in [7, 11) is 0. The number of carbonyl (C=O) groups excluding carboxylic acids is 1. The van der Waals surface area contributed by atoms with Crippen LogP contribution in [-0.4, -0.2) is 35.3 Å². The quantitative estimate of drug-likeness (QED) is 0.264. The largest absolute Gasteiger partial charge is 0.424 e. The molecular weight excluding hydrogens is 398 g/mol. The lowest BCUT2D eigenvalue weighted by molar-refractivity contribution is 0.0930. The zero-order valence-electron chi connectivity index (χ0n) is 18.2. The van der Waals surface area contributed by atoms with E-state index in [0.717, 1.165) is 55.4 Å². The van der Waals surface area contributed by atoms with E-state index in [-0.39, 0.29) is 11.8 Å². The van der Waals surface area contributed by atoms with Crippen molar-refractivity contribution in [2.24, 2.45) is 0 Å². The molecule has 0 spiro atoms. The summed E-state index contributed by atoms with van der Waals surface area (Å²) in [6.45, 7) is 2.12. The van der Waals surface area contributed by atoms with Crippen LogP contribution in [0.5, 0.6) is 0 Å². The van der Waals surface area contributed by atoms with E-state index in [4.69, 9.17) is 10.2 Å². The van der Waals surface area contributed by atoms with Crippen molar-refractivity contribution in [1.82, 2.24) is 9.88 Å². The predicted molar refractivity (Wildman–Crippen MR) is 129 cm³/mol. The minimum Gasteiger partial charge on any atom is -0.424 e. The van der Waals surface area contributed by atoms with Crippen LogP contribution in [0.3, 0.4) is 0 Å². The van der Waals surface area contributed by atoms with Crippen LogP contribution in [0.2, 0.25) is 0 Å². The number of aromatic nitrogens is 1. The van der Waals surface area contributed by atoms with Crippen molar-refractivity contribution in [3.05, 3.63) is 95.6 Å². The summed E-state index contributed by atoms with van der Waals surface area (Å²) < 4.78 is 5.46. The zero-order valence-corrected chi connectivity index (χ0v) is 18.2. The molecule has 0 aliphatic heterocycles. The molecule has 5 heteroatoms. The molecule has 0 amide bonds. The number of hydrogen-bond donors (Lipinski definition) is 1. The summed E-state index contributed by atoms with van der Waals surface area (Å²) in [5.74, 6) is 0.159. The number of ketones is 1. The molecule has 0 aliphatic rings. The molecule has 0 aliphatic carbocycles. The van der Waals surface area contributed by atoms with Gasteiger partial charge in [-0.25, -0.2) is 0 Å². The Balaban J connectivity index is 1.36. The van der Waals surface area contributed by atoms with Crippen molar-refractivity contribution in [1.29, 1.82) is 0 Å². The molecule has 0 saturated carbocycles. The van der Waals surface area contributed by atoms with E-state index < -0.39 is 0 Å². The third-order valence-corrected chi connectivity index (χ3v) is 5.68. The molecule has 0 unspecified atom stereocenters. The summed E-state index contributed by atoms with van der Waals surface area (Å²) in [5.41, 5.74) is 10.4. The summed E-state index contributed by atoms with van der Waals surface area (Å²) >= 11 is 0. The first-order valence-corrected chi connectivity index (χ1v) is 11.2. The fourth-order valence-corrected chi connectivity index (χ4v) is 3.93. The molecule has 0 fully saturated rings. The maximum Gasteiger partial charge on any atom is 0.292 e. The summed E-state index contributed by atoms with van der Waals surface area (Å²) in [5, 5.41) is 0. The van der Waals surface area contributed by atoms with Gasteiger partial charge in [-0.05, 0) is 55.5 Å². The number of aryl methyl sites for hydroxylation is 1. The average molecular weight is 428 g/mol. The molecule has 0 atom stereocenters. The molecule has 2 N–H and O–H groups in total. The topological polar surface area (TPSA) is 72.4 Å². The van der Waals surface area contributed by atoms with Crippen LogP contribution in [0, 0.1) is 0 Å². The molecule has 1 heterocycles. The number of oxazole rings is 1. The summed E-state index contributed by atoms with van der Waals surface area (Å²) in [4.78, 5) is 19.2. The van der Waals surface area contributed by atoms with Gasteiger partial charge in [0.1, 0.15) is 5.52 Å². The second kappa shape index (κ2) is 10.7. The predicted octanol–water partition coefficient (Wildman–Crippen LogP) is 5.16. The van der Waals surface area contributed by atoms with Gasteiger partial charge < -0.3 is 10.2 Å². The molecule has 0 saturated heterocycles. The number of nitrogens with two attached hydrogens (primary N) is 1. The van der Waals surface area contributed by atoms with Crippen molar-refractivity contribution >= 4 is 22.9 Å². The fraction of sp³-hybridized carbons (Fsp3) is 0.259. The molecular formula is C27H29N3O2. The Morgan fingerprint density at radius 2 is 1.59 bits per heavy atom. The molecule has 4 rings (SSSR count). The smallest absolute Gasteiger partial charge is 0.292 e. The number of fused-ring (bicyclic) bond motifs is 1. The number of hydrogen-bond acceptors (Lipinski definition) is 5. The molecule has 1 aromatic heterocycles. The third kappa shape index (κ3) is 6.05. The number of anilines is 1. The highest BCUT2D eigenvalue weighted by atomic mass is 16.4. The molecule has 5 nitrogen and oxygen atoms in total. The second-order valence-corrected chi connectivity index (χ2v) is 8.11. The Bertz CT molecular complexity index is 1140. The first-order valence-electron chi connectivity index (χ1n) is 11.2. The van der Waals surface area contributed by atoms with Crippen LogP contribution in [-0.2, 0) is 12.8 Å².